The van der Waals surface area contributed by atoms with Gasteiger partial charge in [0, 0.05) is 23.4 Å². The number of piperidine rings is 1. The number of fused-ring (bicyclic) bond motifs is 2. The van der Waals surface area contributed by atoms with Crippen LogP contribution < -0.4 is 10.6 Å². The molecular weight excluding hydrogens is 329 g/mol. The van der Waals surface area contributed by atoms with Gasteiger partial charge in [-0.3, -0.25) is 4.79 Å². The molecule has 2 saturated heterocycles. The van der Waals surface area contributed by atoms with E-state index in [0.29, 0.717) is 31.0 Å². The Hall–Kier alpha value is -0.360. The molecule has 120 valence electrons. The van der Waals surface area contributed by atoms with Gasteiger partial charge < -0.3 is 10.6 Å². The highest BCUT2D eigenvalue weighted by atomic mass is 35.5. The number of thiazole rings is 1. The number of hydrogen-bond acceptors (Lipinski definition) is 4. The second-order valence-electron chi connectivity index (χ2n) is 5.82. The minimum absolute atomic E-state index is 0. The molecule has 0 aliphatic carbocycles. The quantitative estimate of drug-likeness (QED) is 0.876. The summed E-state index contributed by atoms with van der Waals surface area (Å²) < 4.78 is 0. The van der Waals surface area contributed by atoms with E-state index in [0.717, 1.165) is 5.69 Å². The van der Waals surface area contributed by atoms with Crippen molar-refractivity contribution in [3.8, 4) is 0 Å². The van der Waals surface area contributed by atoms with Gasteiger partial charge in [0.1, 0.15) is 0 Å². The van der Waals surface area contributed by atoms with Gasteiger partial charge >= 0.3 is 0 Å². The average Bonchev–Trinajstić information content (AvgIpc) is 2.93. The number of aryl methyl sites for hydroxylation is 1. The number of hydrogen-bond donors (Lipinski definition) is 2. The molecule has 3 heterocycles. The van der Waals surface area contributed by atoms with Crippen molar-refractivity contribution in [3.05, 3.63) is 16.1 Å². The summed E-state index contributed by atoms with van der Waals surface area (Å²) >= 11 is 1.61. The number of amides is 1. The molecule has 0 radical (unpaired) electrons. The first-order chi connectivity index (χ1) is 9.20. The number of nitrogens with one attached hydrogen (secondary N) is 2. The lowest BCUT2D eigenvalue weighted by Gasteiger charge is -2.28. The van der Waals surface area contributed by atoms with Crippen molar-refractivity contribution in [2.45, 2.75) is 57.7 Å². The number of aromatic nitrogens is 1. The maximum Gasteiger partial charge on any atom is 0.220 e. The van der Waals surface area contributed by atoms with E-state index in [1.165, 1.54) is 30.6 Å². The molecule has 0 aromatic carbocycles. The lowest BCUT2D eigenvalue weighted by Crippen LogP contribution is -2.39. The molecule has 0 spiro atoms. The summed E-state index contributed by atoms with van der Waals surface area (Å²) in [7, 11) is 0. The zero-order chi connectivity index (χ0) is 13.2. The topological polar surface area (TPSA) is 54.0 Å². The molecule has 2 bridgehead atoms. The minimum Gasteiger partial charge on any atom is -0.351 e. The summed E-state index contributed by atoms with van der Waals surface area (Å²) in [4.78, 5) is 17.4. The molecule has 21 heavy (non-hydrogen) atoms. The Morgan fingerprint density at radius 1 is 1.38 bits per heavy atom. The summed E-state index contributed by atoms with van der Waals surface area (Å²) in [6.45, 7) is 2.62. The highest BCUT2D eigenvalue weighted by molar-refractivity contribution is 7.09. The highest BCUT2D eigenvalue weighted by Gasteiger charge is 2.34. The largest absolute Gasteiger partial charge is 0.351 e. The first kappa shape index (κ1) is 18.7. The van der Waals surface area contributed by atoms with Gasteiger partial charge in [0.25, 0.3) is 0 Å². The van der Waals surface area contributed by atoms with Gasteiger partial charge in [0.05, 0.1) is 17.7 Å². The van der Waals surface area contributed by atoms with Gasteiger partial charge in [-0.1, -0.05) is 0 Å². The maximum absolute atomic E-state index is 12.0. The van der Waals surface area contributed by atoms with Crippen molar-refractivity contribution < 1.29 is 4.79 Å². The second-order valence-corrected chi connectivity index (χ2v) is 6.76. The highest BCUT2D eigenvalue weighted by Crippen LogP contribution is 2.32. The first-order valence-electron chi connectivity index (χ1n) is 7.12. The molecule has 7 heteroatoms. The molecule has 3 rings (SSSR count). The van der Waals surface area contributed by atoms with E-state index >= 15 is 0 Å². The maximum atomic E-state index is 12.0. The monoisotopic (exact) mass is 351 g/mol. The standard InChI is InChI=1S/C14H21N3OS.2ClH/c1-9-13(19-8-16-9)7-15-14(18)6-10-4-11-2-3-12(5-10)17-11;;/h8,10-12,17H,2-7H2,1H3,(H,15,18);2*1H. The fourth-order valence-electron chi connectivity index (χ4n) is 3.35. The molecule has 2 fully saturated rings. The third kappa shape index (κ3) is 4.81. The van der Waals surface area contributed by atoms with Gasteiger partial charge in [0.2, 0.25) is 5.91 Å². The lowest BCUT2D eigenvalue weighted by atomic mass is 9.89. The number of rotatable bonds is 4. The molecule has 1 aromatic heterocycles. The fourth-order valence-corrected chi connectivity index (χ4v) is 4.07. The zero-order valence-electron chi connectivity index (χ0n) is 12.1. The lowest BCUT2D eigenvalue weighted by molar-refractivity contribution is -0.122. The van der Waals surface area contributed by atoms with Crippen LogP contribution in [0, 0.1) is 12.8 Å². The Morgan fingerprint density at radius 3 is 2.62 bits per heavy atom. The Morgan fingerprint density at radius 2 is 2.05 bits per heavy atom. The van der Waals surface area contributed by atoms with Gasteiger partial charge in [-0.2, -0.15) is 0 Å². The van der Waals surface area contributed by atoms with Gasteiger partial charge in [-0.15, -0.1) is 36.2 Å². The molecule has 4 nitrogen and oxygen atoms in total. The predicted octanol–water partition coefficient (Wildman–Crippen LogP) is 2.83. The van der Waals surface area contributed by atoms with Crippen molar-refractivity contribution in [2.75, 3.05) is 0 Å². The number of carbonyl (C=O) groups excluding carboxylic acids is 1. The second kappa shape index (κ2) is 8.32. The van der Waals surface area contributed by atoms with Crippen LogP contribution in [0.5, 0.6) is 0 Å². The van der Waals surface area contributed by atoms with E-state index < -0.39 is 0 Å². The van der Waals surface area contributed by atoms with Gasteiger partial charge in [0.15, 0.2) is 0 Å². The number of carbonyl (C=O) groups is 1. The fraction of sp³-hybridized carbons (Fsp3) is 0.714. The van der Waals surface area contributed by atoms with Crippen LogP contribution in [-0.2, 0) is 11.3 Å². The Balaban J connectivity index is 0.00000110. The molecular formula is C14H23Cl2N3OS. The van der Waals surface area contributed by atoms with E-state index in [1.807, 2.05) is 12.4 Å². The number of halogens is 2. The van der Waals surface area contributed by atoms with Crippen LogP contribution >= 0.6 is 36.2 Å². The van der Waals surface area contributed by atoms with E-state index in [1.54, 1.807) is 11.3 Å². The van der Waals surface area contributed by atoms with Gasteiger partial charge in [-0.25, -0.2) is 4.98 Å². The first-order valence-corrected chi connectivity index (χ1v) is 8.00. The summed E-state index contributed by atoms with van der Waals surface area (Å²) in [6.07, 6.45) is 5.62. The van der Waals surface area contributed by atoms with Crippen molar-refractivity contribution in [2.24, 2.45) is 5.92 Å². The Kier molecular flexibility index (Phi) is 7.40. The van der Waals surface area contributed by atoms with Crippen LogP contribution in [0.2, 0.25) is 0 Å². The van der Waals surface area contributed by atoms with Crippen LogP contribution in [0.15, 0.2) is 5.51 Å². The zero-order valence-corrected chi connectivity index (χ0v) is 14.6. The number of nitrogens with zero attached hydrogens (tertiary/aromatic N) is 1. The molecule has 1 amide bonds. The summed E-state index contributed by atoms with van der Waals surface area (Å²) in [5.74, 6) is 0.764. The molecule has 2 N–H and O–H groups in total. The van der Waals surface area contributed by atoms with Crippen LogP contribution in [0.25, 0.3) is 0 Å². The molecule has 2 unspecified atom stereocenters. The Bertz CT molecular complexity index is 457. The predicted molar refractivity (Wildman–Crippen MR) is 90.5 cm³/mol. The summed E-state index contributed by atoms with van der Waals surface area (Å²) in [5.41, 5.74) is 2.87. The minimum atomic E-state index is 0. The van der Waals surface area contributed by atoms with Crippen molar-refractivity contribution in [1.82, 2.24) is 15.6 Å². The molecule has 2 atom stereocenters. The van der Waals surface area contributed by atoms with Crippen LogP contribution in [0.3, 0.4) is 0 Å². The van der Waals surface area contributed by atoms with E-state index in [4.69, 9.17) is 0 Å². The van der Waals surface area contributed by atoms with Crippen molar-refractivity contribution in [1.29, 1.82) is 0 Å². The summed E-state index contributed by atoms with van der Waals surface area (Å²) in [6, 6.07) is 1.33. The molecule has 2 aliphatic rings. The van der Waals surface area contributed by atoms with Crippen molar-refractivity contribution >= 4 is 42.1 Å². The normalized spacial score (nSPS) is 26.6. The third-order valence-electron chi connectivity index (χ3n) is 4.34. The van der Waals surface area contributed by atoms with Crippen LogP contribution in [0.1, 0.15) is 42.7 Å². The molecule has 1 aromatic rings. The van der Waals surface area contributed by atoms with Crippen LogP contribution in [0.4, 0.5) is 0 Å². The SMILES string of the molecule is Cc1ncsc1CNC(=O)CC1CC2CCC(C1)N2.Cl.Cl. The smallest absolute Gasteiger partial charge is 0.220 e. The third-order valence-corrected chi connectivity index (χ3v) is 5.27. The summed E-state index contributed by atoms with van der Waals surface area (Å²) in [5, 5.41) is 6.65. The molecule has 0 saturated carbocycles. The Labute approximate surface area is 142 Å². The average molecular weight is 352 g/mol. The van der Waals surface area contributed by atoms with Gasteiger partial charge in [-0.05, 0) is 38.5 Å². The van der Waals surface area contributed by atoms with E-state index in [-0.39, 0.29) is 30.7 Å². The van der Waals surface area contributed by atoms with Crippen molar-refractivity contribution in [3.63, 3.8) is 0 Å². The van der Waals surface area contributed by atoms with Crippen LogP contribution in [-0.4, -0.2) is 23.0 Å². The molecule has 2 aliphatic heterocycles. The van der Waals surface area contributed by atoms with E-state index in [9.17, 15) is 4.79 Å². The van der Waals surface area contributed by atoms with E-state index in [2.05, 4.69) is 15.6 Å².